The van der Waals surface area contributed by atoms with Crippen molar-refractivity contribution >= 4 is 17.3 Å². The van der Waals surface area contributed by atoms with Crippen molar-refractivity contribution in [3.8, 4) is 5.75 Å². The summed E-state index contributed by atoms with van der Waals surface area (Å²) in [6.45, 7) is 0. The fourth-order valence-corrected chi connectivity index (χ4v) is 2.27. The Labute approximate surface area is 105 Å². The number of nitro groups is 1. The molecule has 0 unspecified atom stereocenters. The molecule has 1 aliphatic rings. The molecule has 4 nitrogen and oxygen atoms in total. The van der Waals surface area contributed by atoms with Gasteiger partial charge >= 0.3 is 0 Å². The van der Waals surface area contributed by atoms with Gasteiger partial charge < -0.3 is 4.74 Å². The molecule has 0 atom stereocenters. The van der Waals surface area contributed by atoms with Gasteiger partial charge in [-0.2, -0.15) is 0 Å². The zero-order valence-electron chi connectivity index (χ0n) is 9.39. The Morgan fingerprint density at radius 3 is 2.65 bits per heavy atom. The van der Waals surface area contributed by atoms with Gasteiger partial charge in [0.1, 0.15) is 10.8 Å². The molecular formula is C12H14ClNO3. The Hall–Kier alpha value is -1.29. The van der Waals surface area contributed by atoms with Crippen LogP contribution in [0.25, 0.3) is 0 Å². The van der Waals surface area contributed by atoms with Crippen LogP contribution in [0, 0.1) is 10.1 Å². The molecule has 0 heterocycles. The number of halogens is 1. The Balaban J connectivity index is 2.10. The monoisotopic (exact) mass is 255 g/mol. The van der Waals surface area contributed by atoms with Crippen molar-refractivity contribution in [2.75, 3.05) is 0 Å². The standard InChI is InChI=1S/C12H14ClNO3/c13-11-7-6-10(8-12(11)14(15)16)17-9-4-2-1-3-5-9/h6-9H,1-5H2. The summed E-state index contributed by atoms with van der Waals surface area (Å²) in [5.74, 6) is 0.535. The molecule has 1 aromatic carbocycles. The average Bonchev–Trinajstić information content (AvgIpc) is 2.32. The van der Waals surface area contributed by atoms with Crippen molar-refractivity contribution in [2.24, 2.45) is 0 Å². The van der Waals surface area contributed by atoms with E-state index in [0.717, 1.165) is 12.8 Å². The molecule has 1 aromatic rings. The first-order valence-corrected chi connectivity index (χ1v) is 6.15. The quantitative estimate of drug-likeness (QED) is 0.607. The third-order valence-corrected chi connectivity index (χ3v) is 3.29. The van der Waals surface area contributed by atoms with Crippen molar-refractivity contribution in [3.05, 3.63) is 33.3 Å². The van der Waals surface area contributed by atoms with Gasteiger partial charge in [0.15, 0.2) is 0 Å². The van der Waals surface area contributed by atoms with Gasteiger partial charge in [0, 0.05) is 0 Å². The molecule has 0 spiro atoms. The van der Waals surface area contributed by atoms with Crippen LogP contribution >= 0.6 is 11.6 Å². The summed E-state index contributed by atoms with van der Waals surface area (Å²) < 4.78 is 5.74. The summed E-state index contributed by atoms with van der Waals surface area (Å²) in [7, 11) is 0. The van der Waals surface area contributed by atoms with E-state index in [1.807, 2.05) is 0 Å². The topological polar surface area (TPSA) is 52.4 Å². The van der Waals surface area contributed by atoms with Gasteiger partial charge in [-0.15, -0.1) is 0 Å². The summed E-state index contributed by atoms with van der Waals surface area (Å²) in [4.78, 5) is 10.2. The largest absolute Gasteiger partial charge is 0.490 e. The van der Waals surface area contributed by atoms with Crippen molar-refractivity contribution in [1.29, 1.82) is 0 Å². The highest BCUT2D eigenvalue weighted by molar-refractivity contribution is 6.32. The number of benzene rings is 1. The number of nitro benzene ring substituents is 1. The maximum Gasteiger partial charge on any atom is 0.291 e. The van der Waals surface area contributed by atoms with Gasteiger partial charge in [0.05, 0.1) is 17.1 Å². The summed E-state index contributed by atoms with van der Waals surface area (Å²) in [5, 5.41) is 10.9. The third-order valence-electron chi connectivity index (χ3n) is 2.97. The van der Waals surface area contributed by atoms with E-state index in [9.17, 15) is 10.1 Å². The molecule has 0 amide bonds. The molecule has 0 N–H and O–H groups in total. The van der Waals surface area contributed by atoms with Gasteiger partial charge in [-0.25, -0.2) is 0 Å². The first kappa shape index (κ1) is 12.2. The van der Waals surface area contributed by atoms with Gasteiger partial charge in [0.2, 0.25) is 0 Å². The van der Waals surface area contributed by atoms with Crippen LogP contribution in [0.2, 0.25) is 5.02 Å². The van der Waals surface area contributed by atoms with E-state index in [0.29, 0.717) is 5.75 Å². The van der Waals surface area contributed by atoms with Gasteiger partial charge in [0.25, 0.3) is 5.69 Å². The number of hydrogen-bond donors (Lipinski definition) is 0. The van der Waals surface area contributed by atoms with E-state index in [1.165, 1.54) is 31.4 Å². The smallest absolute Gasteiger partial charge is 0.291 e. The summed E-state index contributed by atoms with van der Waals surface area (Å²) in [5.41, 5.74) is -0.0972. The average molecular weight is 256 g/mol. The lowest BCUT2D eigenvalue weighted by molar-refractivity contribution is -0.384. The summed E-state index contributed by atoms with van der Waals surface area (Å²) in [6, 6.07) is 4.60. The Kier molecular flexibility index (Phi) is 3.84. The van der Waals surface area contributed by atoms with Crippen LogP contribution in [-0.2, 0) is 0 Å². The van der Waals surface area contributed by atoms with Crippen LogP contribution in [0.3, 0.4) is 0 Å². The number of ether oxygens (including phenoxy) is 1. The third kappa shape index (κ3) is 3.09. The molecule has 0 aromatic heterocycles. The molecule has 1 fully saturated rings. The first-order valence-electron chi connectivity index (χ1n) is 5.77. The molecule has 0 radical (unpaired) electrons. The molecule has 0 saturated heterocycles. The highest BCUT2D eigenvalue weighted by atomic mass is 35.5. The van der Waals surface area contributed by atoms with E-state index in [4.69, 9.17) is 16.3 Å². The van der Waals surface area contributed by atoms with Crippen molar-refractivity contribution < 1.29 is 9.66 Å². The van der Waals surface area contributed by atoms with Crippen molar-refractivity contribution in [2.45, 2.75) is 38.2 Å². The van der Waals surface area contributed by atoms with Gasteiger partial charge in [-0.3, -0.25) is 10.1 Å². The highest BCUT2D eigenvalue weighted by Crippen LogP contribution is 2.30. The van der Waals surface area contributed by atoms with Crippen LogP contribution in [0.1, 0.15) is 32.1 Å². The Morgan fingerprint density at radius 2 is 2.00 bits per heavy atom. The minimum atomic E-state index is -0.490. The Bertz CT molecular complexity index is 416. The van der Waals surface area contributed by atoms with E-state index in [1.54, 1.807) is 6.07 Å². The van der Waals surface area contributed by atoms with Crippen LogP contribution in [0.15, 0.2) is 18.2 Å². The number of hydrogen-bond acceptors (Lipinski definition) is 3. The zero-order valence-corrected chi connectivity index (χ0v) is 10.2. The molecule has 5 heteroatoms. The SMILES string of the molecule is O=[N+]([O-])c1cc(OC2CCCCC2)ccc1Cl. The van der Waals surface area contributed by atoms with Crippen LogP contribution in [0.4, 0.5) is 5.69 Å². The second kappa shape index (κ2) is 5.36. The number of rotatable bonds is 3. The molecule has 92 valence electrons. The Morgan fingerprint density at radius 1 is 1.29 bits per heavy atom. The molecular weight excluding hydrogens is 242 g/mol. The number of nitrogens with zero attached hydrogens (tertiary/aromatic N) is 1. The molecule has 0 aliphatic heterocycles. The fourth-order valence-electron chi connectivity index (χ4n) is 2.08. The molecule has 0 bridgehead atoms. The zero-order chi connectivity index (χ0) is 12.3. The van der Waals surface area contributed by atoms with E-state index in [2.05, 4.69) is 0 Å². The highest BCUT2D eigenvalue weighted by Gasteiger charge is 2.18. The predicted molar refractivity (Wildman–Crippen MR) is 65.6 cm³/mol. The predicted octanol–water partition coefficient (Wildman–Crippen LogP) is 3.96. The minimum absolute atomic E-state index is 0.0972. The van der Waals surface area contributed by atoms with Crippen molar-refractivity contribution in [3.63, 3.8) is 0 Å². The van der Waals surface area contributed by atoms with Gasteiger partial charge in [-0.05, 0) is 37.8 Å². The van der Waals surface area contributed by atoms with Crippen LogP contribution in [-0.4, -0.2) is 11.0 Å². The van der Waals surface area contributed by atoms with Gasteiger partial charge in [-0.1, -0.05) is 18.0 Å². The fraction of sp³-hybridized carbons (Fsp3) is 0.500. The lowest BCUT2D eigenvalue weighted by atomic mass is 9.98. The van der Waals surface area contributed by atoms with E-state index < -0.39 is 4.92 Å². The molecule has 1 saturated carbocycles. The maximum atomic E-state index is 10.7. The molecule has 17 heavy (non-hydrogen) atoms. The van der Waals surface area contributed by atoms with Crippen LogP contribution in [0.5, 0.6) is 5.75 Å². The molecule has 1 aliphatic carbocycles. The second-order valence-corrected chi connectivity index (χ2v) is 4.66. The summed E-state index contributed by atoms with van der Waals surface area (Å²) >= 11 is 5.74. The first-order chi connectivity index (χ1) is 8.16. The lowest BCUT2D eigenvalue weighted by Crippen LogP contribution is -2.19. The maximum absolute atomic E-state index is 10.7. The van der Waals surface area contributed by atoms with Crippen LogP contribution < -0.4 is 4.74 Å². The van der Waals surface area contributed by atoms with Crippen molar-refractivity contribution in [1.82, 2.24) is 0 Å². The molecule has 2 rings (SSSR count). The van der Waals surface area contributed by atoms with E-state index in [-0.39, 0.29) is 16.8 Å². The van der Waals surface area contributed by atoms with E-state index >= 15 is 0 Å². The second-order valence-electron chi connectivity index (χ2n) is 4.25. The lowest BCUT2D eigenvalue weighted by Gasteiger charge is -2.22. The minimum Gasteiger partial charge on any atom is -0.490 e. The normalized spacial score (nSPS) is 16.8. The summed E-state index contributed by atoms with van der Waals surface area (Å²) in [6.07, 6.45) is 5.82.